The number of thioether (sulfide) groups is 1. The van der Waals surface area contributed by atoms with Gasteiger partial charge in [0.05, 0.1) is 11.7 Å². The second-order valence-corrected chi connectivity index (χ2v) is 6.69. The summed E-state index contributed by atoms with van der Waals surface area (Å²) in [5, 5.41) is 7.18. The highest BCUT2D eigenvalue weighted by Gasteiger charge is 2.14. The average Bonchev–Trinajstić information content (AvgIpc) is 3.17. The normalized spacial score (nSPS) is 12.0. The number of benzene rings is 2. The first-order valence-electron chi connectivity index (χ1n) is 7.99. The van der Waals surface area contributed by atoms with Gasteiger partial charge in [-0.1, -0.05) is 18.2 Å². The summed E-state index contributed by atoms with van der Waals surface area (Å²) in [6, 6.07) is 13.8. The number of nitrogens with one attached hydrogen (secondary N) is 1. The van der Waals surface area contributed by atoms with E-state index in [0.717, 1.165) is 27.3 Å². The molecule has 0 aliphatic carbocycles. The van der Waals surface area contributed by atoms with Gasteiger partial charge in [-0.3, -0.25) is 4.79 Å². The number of hydrogen-bond acceptors (Lipinski definition) is 4. The third kappa shape index (κ3) is 3.91. The molecule has 5 nitrogen and oxygen atoms in total. The molecular weight excluding hydrogens is 332 g/mol. The van der Waals surface area contributed by atoms with Crippen LogP contribution in [0.5, 0.6) is 0 Å². The number of amides is 1. The second-order valence-electron chi connectivity index (χ2n) is 5.81. The molecule has 1 unspecified atom stereocenters. The molecule has 0 bridgehead atoms. The van der Waals surface area contributed by atoms with Crippen molar-refractivity contribution in [2.24, 2.45) is 0 Å². The summed E-state index contributed by atoms with van der Waals surface area (Å²) in [6.07, 6.45) is 5.16. The van der Waals surface area contributed by atoms with Crippen molar-refractivity contribution in [1.82, 2.24) is 20.1 Å². The fourth-order valence-corrected chi connectivity index (χ4v) is 3.03. The Morgan fingerprint density at radius 1 is 1.20 bits per heavy atom. The topological polar surface area (TPSA) is 59.8 Å². The van der Waals surface area contributed by atoms with Crippen molar-refractivity contribution in [2.45, 2.75) is 24.8 Å². The van der Waals surface area contributed by atoms with Crippen molar-refractivity contribution in [3.63, 3.8) is 0 Å². The number of nitrogens with zero attached hydrogens (tertiary/aromatic N) is 3. The van der Waals surface area contributed by atoms with E-state index in [2.05, 4.69) is 15.4 Å². The van der Waals surface area contributed by atoms with Crippen LogP contribution in [0.25, 0.3) is 5.69 Å². The first-order chi connectivity index (χ1) is 12.1. The van der Waals surface area contributed by atoms with Gasteiger partial charge in [-0.05, 0) is 55.5 Å². The Morgan fingerprint density at radius 3 is 2.60 bits per heavy atom. The van der Waals surface area contributed by atoms with E-state index >= 15 is 0 Å². The maximum Gasteiger partial charge on any atom is 0.252 e. The fraction of sp³-hybridized carbons (Fsp3) is 0.211. The molecule has 6 heteroatoms. The van der Waals surface area contributed by atoms with Gasteiger partial charge in [0.2, 0.25) is 0 Å². The highest BCUT2D eigenvalue weighted by Crippen LogP contribution is 2.21. The molecule has 1 amide bonds. The molecule has 3 aromatic rings. The molecule has 3 rings (SSSR count). The van der Waals surface area contributed by atoms with E-state index < -0.39 is 0 Å². The van der Waals surface area contributed by atoms with Gasteiger partial charge in [0.25, 0.3) is 5.91 Å². The van der Waals surface area contributed by atoms with Crippen LogP contribution in [0, 0.1) is 6.92 Å². The Bertz CT molecular complexity index is 860. The Hall–Kier alpha value is -2.60. The molecule has 0 aliphatic heterocycles. The predicted octanol–water partition coefficient (Wildman–Crippen LogP) is 3.79. The Morgan fingerprint density at radius 2 is 1.96 bits per heavy atom. The fourth-order valence-electron chi connectivity index (χ4n) is 2.59. The number of rotatable bonds is 5. The molecule has 1 atom stereocenters. The van der Waals surface area contributed by atoms with Crippen molar-refractivity contribution in [3.05, 3.63) is 71.8 Å². The van der Waals surface area contributed by atoms with E-state index in [0.29, 0.717) is 0 Å². The molecule has 0 spiro atoms. The summed E-state index contributed by atoms with van der Waals surface area (Å²) < 4.78 is 1.70. The van der Waals surface area contributed by atoms with E-state index in [1.165, 1.54) is 6.33 Å². The van der Waals surface area contributed by atoms with Crippen molar-refractivity contribution in [3.8, 4) is 5.69 Å². The van der Waals surface area contributed by atoms with Gasteiger partial charge < -0.3 is 5.32 Å². The molecule has 0 radical (unpaired) electrons. The lowest BCUT2D eigenvalue weighted by Gasteiger charge is -2.16. The van der Waals surface area contributed by atoms with Crippen LogP contribution in [0.2, 0.25) is 0 Å². The van der Waals surface area contributed by atoms with Crippen molar-refractivity contribution >= 4 is 17.7 Å². The SMILES string of the molecule is CSc1ccc(C)c(C(=O)NC(C)c2ccc(-n3cncn3)cc2)c1. The molecular formula is C19H20N4OS. The lowest BCUT2D eigenvalue weighted by Crippen LogP contribution is -2.27. The summed E-state index contributed by atoms with van der Waals surface area (Å²) in [5.74, 6) is -0.0544. The smallest absolute Gasteiger partial charge is 0.252 e. The number of carbonyl (C=O) groups excluding carboxylic acids is 1. The van der Waals surface area contributed by atoms with Crippen LogP contribution in [0.15, 0.2) is 60.0 Å². The zero-order chi connectivity index (χ0) is 17.8. The number of aromatic nitrogens is 3. The lowest BCUT2D eigenvalue weighted by molar-refractivity contribution is 0.0939. The van der Waals surface area contributed by atoms with Gasteiger partial charge in [0.1, 0.15) is 12.7 Å². The maximum absolute atomic E-state index is 12.6. The molecule has 1 heterocycles. The summed E-state index contributed by atoms with van der Waals surface area (Å²) in [6.45, 7) is 3.94. The Kier molecular flexibility index (Phi) is 5.19. The van der Waals surface area contributed by atoms with E-state index in [9.17, 15) is 4.79 Å². The summed E-state index contributed by atoms with van der Waals surface area (Å²) in [5.41, 5.74) is 3.67. The van der Waals surface area contributed by atoms with Crippen LogP contribution in [0.1, 0.15) is 34.5 Å². The minimum atomic E-state index is -0.0883. The molecule has 1 N–H and O–H groups in total. The van der Waals surface area contributed by atoms with Crippen LogP contribution < -0.4 is 5.32 Å². The molecule has 25 heavy (non-hydrogen) atoms. The summed E-state index contributed by atoms with van der Waals surface area (Å²) >= 11 is 1.63. The Balaban J connectivity index is 1.73. The van der Waals surface area contributed by atoms with Gasteiger partial charge >= 0.3 is 0 Å². The molecule has 0 saturated heterocycles. The van der Waals surface area contributed by atoms with Gasteiger partial charge in [0, 0.05) is 10.5 Å². The van der Waals surface area contributed by atoms with Crippen LogP contribution in [0.3, 0.4) is 0 Å². The molecule has 0 fully saturated rings. The first kappa shape index (κ1) is 17.2. The van der Waals surface area contributed by atoms with Gasteiger partial charge in [0.15, 0.2) is 0 Å². The second kappa shape index (κ2) is 7.53. The summed E-state index contributed by atoms with van der Waals surface area (Å²) in [7, 11) is 0. The number of hydrogen-bond donors (Lipinski definition) is 1. The molecule has 0 saturated carbocycles. The largest absolute Gasteiger partial charge is 0.346 e. The van der Waals surface area contributed by atoms with Crippen LogP contribution >= 0.6 is 11.8 Å². The van der Waals surface area contributed by atoms with E-state index in [1.54, 1.807) is 22.8 Å². The van der Waals surface area contributed by atoms with Crippen molar-refractivity contribution < 1.29 is 4.79 Å². The minimum Gasteiger partial charge on any atom is -0.346 e. The zero-order valence-corrected chi connectivity index (χ0v) is 15.2. The zero-order valence-electron chi connectivity index (χ0n) is 14.4. The lowest BCUT2D eigenvalue weighted by atomic mass is 10.1. The molecule has 128 valence electrons. The van der Waals surface area contributed by atoms with E-state index in [-0.39, 0.29) is 11.9 Å². The van der Waals surface area contributed by atoms with Crippen molar-refractivity contribution in [1.29, 1.82) is 0 Å². The van der Waals surface area contributed by atoms with E-state index in [4.69, 9.17) is 0 Å². The van der Waals surface area contributed by atoms with Gasteiger partial charge in [-0.25, -0.2) is 9.67 Å². The standard InChI is InChI=1S/C19H20N4OS/c1-13-4-9-17(25-3)10-18(13)19(24)22-14(2)15-5-7-16(8-6-15)23-12-20-11-21-23/h4-12,14H,1-3H3,(H,22,24). The third-order valence-corrected chi connectivity index (χ3v) is 4.84. The third-order valence-electron chi connectivity index (χ3n) is 4.11. The molecule has 1 aromatic heterocycles. The van der Waals surface area contributed by atoms with Crippen LogP contribution in [-0.2, 0) is 0 Å². The van der Waals surface area contributed by atoms with E-state index in [1.807, 2.05) is 62.6 Å². The summed E-state index contributed by atoms with van der Waals surface area (Å²) in [4.78, 5) is 17.7. The van der Waals surface area contributed by atoms with Crippen LogP contribution in [0.4, 0.5) is 0 Å². The maximum atomic E-state index is 12.6. The van der Waals surface area contributed by atoms with Crippen molar-refractivity contribution in [2.75, 3.05) is 6.26 Å². The van der Waals surface area contributed by atoms with Crippen LogP contribution in [-0.4, -0.2) is 26.9 Å². The highest BCUT2D eigenvalue weighted by molar-refractivity contribution is 7.98. The molecule has 0 aliphatic rings. The van der Waals surface area contributed by atoms with Gasteiger partial charge in [-0.2, -0.15) is 5.10 Å². The molecule has 2 aromatic carbocycles. The monoisotopic (exact) mass is 352 g/mol. The van der Waals surface area contributed by atoms with Gasteiger partial charge in [-0.15, -0.1) is 11.8 Å². The highest BCUT2D eigenvalue weighted by atomic mass is 32.2. The quantitative estimate of drug-likeness (QED) is 0.710. The predicted molar refractivity (Wildman–Crippen MR) is 100 cm³/mol. The minimum absolute atomic E-state index is 0.0544. The number of aryl methyl sites for hydroxylation is 1. The Labute approximate surface area is 151 Å². The number of carbonyl (C=O) groups is 1. The average molecular weight is 352 g/mol. The first-order valence-corrected chi connectivity index (χ1v) is 9.21.